The first kappa shape index (κ1) is 7.78. The molecule has 1 aromatic heterocycles. The van der Waals surface area contributed by atoms with E-state index in [1.54, 1.807) is 17.9 Å². The molecule has 0 unspecified atom stereocenters. The monoisotopic (exact) mass is 153 g/mol. The fourth-order valence-electron chi connectivity index (χ4n) is 0.780. The van der Waals surface area contributed by atoms with Gasteiger partial charge >= 0.3 is 0 Å². The number of rotatable bonds is 2. The minimum atomic E-state index is -0.0342. The molecule has 11 heavy (non-hydrogen) atoms. The number of hydrogen-bond donors (Lipinski definition) is 1. The Morgan fingerprint density at radius 1 is 1.82 bits per heavy atom. The second-order valence-corrected chi connectivity index (χ2v) is 2.39. The lowest BCUT2D eigenvalue weighted by Gasteiger charge is -1.97. The number of likely N-dealkylation sites (N-methyl/N-ethyl adjacent to an activating group) is 1. The summed E-state index contributed by atoms with van der Waals surface area (Å²) in [5, 5.41) is 6.48. The second-order valence-electron chi connectivity index (χ2n) is 2.39. The van der Waals surface area contributed by atoms with Crippen molar-refractivity contribution in [3.05, 3.63) is 18.0 Å². The van der Waals surface area contributed by atoms with E-state index in [9.17, 15) is 4.79 Å². The Hall–Kier alpha value is -1.32. The molecule has 0 fully saturated rings. The molecule has 0 saturated carbocycles. The molecule has 0 atom stereocenters. The molecule has 60 valence electrons. The lowest BCUT2D eigenvalue weighted by molar-refractivity contribution is -0.121. The molecule has 0 aliphatic rings. The summed E-state index contributed by atoms with van der Waals surface area (Å²) in [5.41, 5.74) is 1.06. The maximum atomic E-state index is 10.8. The molecule has 1 rings (SSSR count). The highest BCUT2D eigenvalue weighted by atomic mass is 16.1. The largest absolute Gasteiger partial charge is 0.358 e. The van der Waals surface area contributed by atoms with Gasteiger partial charge in [0.25, 0.3) is 0 Å². The lowest BCUT2D eigenvalue weighted by atomic mass is 10.4. The molecule has 0 spiro atoms. The van der Waals surface area contributed by atoms with Gasteiger partial charge in [-0.3, -0.25) is 9.48 Å². The molecular weight excluding hydrogens is 142 g/mol. The van der Waals surface area contributed by atoms with Gasteiger partial charge in [-0.05, 0) is 12.5 Å². The van der Waals surface area contributed by atoms with Crippen LogP contribution in [0.3, 0.4) is 0 Å². The lowest BCUT2D eigenvalue weighted by Crippen LogP contribution is -2.23. The van der Waals surface area contributed by atoms with E-state index in [0.717, 1.165) is 5.56 Å². The number of aryl methyl sites for hydroxylation is 1. The Balaban J connectivity index is 2.57. The molecule has 1 heterocycles. The van der Waals surface area contributed by atoms with Crippen LogP contribution >= 0.6 is 0 Å². The summed E-state index contributed by atoms with van der Waals surface area (Å²) in [7, 11) is 1.61. The SMILES string of the molecule is CNC(=O)Cn1cc(C)cn1. The summed E-state index contributed by atoms with van der Waals surface area (Å²) in [6, 6.07) is 0. The summed E-state index contributed by atoms with van der Waals surface area (Å²) in [6.07, 6.45) is 3.55. The molecule has 0 radical (unpaired) electrons. The van der Waals surface area contributed by atoms with E-state index in [0.29, 0.717) is 6.54 Å². The smallest absolute Gasteiger partial charge is 0.241 e. The molecule has 0 bridgehead atoms. The first-order valence-corrected chi connectivity index (χ1v) is 3.42. The van der Waals surface area contributed by atoms with Crippen LogP contribution in [0.4, 0.5) is 0 Å². The van der Waals surface area contributed by atoms with Crippen LogP contribution in [0, 0.1) is 6.92 Å². The van der Waals surface area contributed by atoms with Gasteiger partial charge in [-0.25, -0.2) is 0 Å². The van der Waals surface area contributed by atoms with Crippen LogP contribution in [-0.4, -0.2) is 22.7 Å². The highest BCUT2D eigenvalue weighted by Crippen LogP contribution is 1.92. The van der Waals surface area contributed by atoms with Crippen molar-refractivity contribution in [2.75, 3.05) is 7.05 Å². The molecule has 1 N–H and O–H groups in total. The third kappa shape index (κ3) is 2.07. The van der Waals surface area contributed by atoms with Crippen LogP contribution in [-0.2, 0) is 11.3 Å². The van der Waals surface area contributed by atoms with Gasteiger partial charge < -0.3 is 5.32 Å². The van der Waals surface area contributed by atoms with Crippen molar-refractivity contribution in [3.8, 4) is 0 Å². The van der Waals surface area contributed by atoms with Crippen molar-refractivity contribution in [1.82, 2.24) is 15.1 Å². The van der Waals surface area contributed by atoms with Crippen molar-refractivity contribution < 1.29 is 4.79 Å². The minimum absolute atomic E-state index is 0.0342. The van der Waals surface area contributed by atoms with Gasteiger partial charge in [0, 0.05) is 13.2 Å². The maximum absolute atomic E-state index is 10.8. The average Bonchev–Trinajstić information content (AvgIpc) is 2.35. The number of carbonyl (C=O) groups excluding carboxylic acids is 1. The number of aromatic nitrogens is 2. The Bertz CT molecular complexity index is 254. The second kappa shape index (κ2) is 3.18. The summed E-state index contributed by atoms with van der Waals surface area (Å²) < 4.78 is 1.61. The van der Waals surface area contributed by atoms with Crippen LogP contribution in [0.5, 0.6) is 0 Å². The van der Waals surface area contributed by atoms with Crippen molar-refractivity contribution in [2.24, 2.45) is 0 Å². The highest BCUT2D eigenvalue weighted by Gasteiger charge is 1.99. The van der Waals surface area contributed by atoms with Crippen molar-refractivity contribution in [1.29, 1.82) is 0 Å². The number of hydrogen-bond acceptors (Lipinski definition) is 2. The normalized spacial score (nSPS) is 9.64. The first-order valence-electron chi connectivity index (χ1n) is 3.42. The van der Waals surface area contributed by atoms with Crippen LogP contribution in [0.1, 0.15) is 5.56 Å². The Morgan fingerprint density at radius 3 is 3.00 bits per heavy atom. The summed E-state index contributed by atoms with van der Waals surface area (Å²) >= 11 is 0. The molecule has 0 aliphatic heterocycles. The third-order valence-corrected chi connectivity index (χ3v) is 1.35. The van der Waals surface area contributed by atoms with Crippen LogP contribution in [0.25, 0.3) is 0 Å². The predicted molar refractivity (Wildman–Crippen MR) is 41.0 cm³/mol. The molecule has 1 amide bonds. The standard InChI is InChI=1S/C7H11N3O/c1-6-3-9-10(4-6)5-7(11)8-2/h3-4H,5H2,1-2H3,(H,8,11). The molecular formula is C7H11N3O. The van der Waals surface area contributed by atoms with Gasteiger partial charge in [-0.1, -0.05) is 0 Å². The van der Waals surface area contributed by atoms with Gasteiger partial charge in [0.2, 0.25) is 5.91 Å². The predicted octanol–water partition coefficient (Wildman–Crippen LogP) is -0.0625. The summed E-state index contributed by atoms with van der Waals surface area (Å²) in [5.74, 6) is -0.0342. The van der Waals surface area contributed by atoms with Crippen molar-refractivity contribution >= 4 is 5.91 Å². The van der Waals surface area contributed by atoms with Crippen LogP contribution in [0.15, 0.2) is 12.4 Å². The minimum Gasteiger partial charge on any atom is -0.358 e. The molecule has 0 aliphatic carbocycles. The number of amides is 1. The highest BCUT2D eigenvalue weighted by molar-refractivity contribution is 5.75. The van der Waals surface area contributed by atoms with Gasteiger partial charge in [0.1, 0.15) is 6.54 Å². The maximum Gasteiger partial charge on any atom is 0.241 e. The Labute approximate surface area is 65.2 Å². The topological polar surface area (TPSA) is 46.9 Å². The van der Waals surface area contributed by atoms with Gasteiger partial charge in [0.15, 0.2) is 0 Å². The number of carbonyl (C=O) groups is 1. The fraction of sp³-hybridized carbons (Fsp3) is 0.429. The third-order valence-electron chi connectivity index (χ3n) is 1.35. The van der Waals surface area contributed by atoms with Gasteiger partial charge in [-0.2, -0.15) is 5.10 Å². The average molecular weight is 153 g/mol. The molecule has 0 saturated heterocycles. The quantitative estimate of drug-likeness (QED) is 0.647. The van der Waals surface area contributed by atoms with E-state index in [4.69, 9.17) is 0 Å². The number of nitrogens with one attached hydrogen (secondary N) is 1. The molecule has 4 nitrogen and oxygen atoms in total. The van der Waals surface area contributed by atoms with E-state index >= 15 is 0 Å². The zero-order chi connectivity index (χ0) is 8.27. The Morgan fingerprint density at radius 2 is 2.55 bits per heavy atom. The summed E-state index contributed by atoms with van der Waals surface area (Å²) in [4.78, 5) is 10.8. The van der Waals surface area contributed by atoms with E-state index in [-0.39, 0.29) is 5.91 Å². The van der Waals surface area contributed by atoms with Gasteiger partial charge in [0.05, 0.1) is 6.20 Å². The van der Waals surface area contributed by atoms with Crippen LogP contribution in [0.2, 0.25) is 0 Å². The molecule has 1 aromatic rings. The number of nitrogens with zero attached hydrogens (tertiary/aromatic N) is 2. The zero-order valence-corrected chi connectivity index (χ0v) is 6.66. The Kier molecular flexibility index (Phi) is 2.25. The molecule has 4 heteroatoms. The van der Waals surface area contributed by atoms with Gasteiger partial charge in [-0.15, -0.1) is 0 Å². The first-order chi connectivity index (χ1) is 5.22. The van der Waals surface area contributed by atoms with Crippen molar-refractivity contribution in [2.45, 2.75) is 13.5 Å². The van der Waals surface area contributed by atoms with E-state index in [2.05, 4.69) is 10.4 Å². The van der Waals surface area contributed by atoms with Crippen LogP contribution < -0.4 is 5.32 Å². The van der Waals surface area contributed by atoms with E-state index in [1.165, 1.54) is 0 Å². The van der Waals surface area contributed by atoms with Crippen molar-refractivity contribution in [3.63, 3.8) is 0 Å². The van der Waals surface area contributed by atoms with E-state index < -0.39 is 0 Å². The fourth-order valence-corrected chi connectivity index (χ4v) is 0.780. The molecule has 0 aromatic carbocycles. The zero-order valence-electron chi connectivity index (χ0n) is 6.66. The summed E-state index contributed by atoms with van der Waals surface area (Å²) in [6.45, 7) is 2.23. The van der Waals surface area contributed by atoms with E-state index in [1.807, 2.05) is 13.1 Å².